The summed E-state index contributed by atoms with van der Waals surface area (Å²) in [6.45, 7) is 3.89. The Labute approximate surface area is 226 Å². The molecule has 0 radical (unpaired) electrons. The quantitative estimate of drug-likeness (QED) is 0.225. The normalized spacial score (nSPS) is 11.6. The number of halogens is 2. The maximum Gasteiger partial charge on any atom is 0.271 e. The zero-order chi connectivity index (χ0) is 26.7. The Morgan fingerprint density at radius 3 is 2.19 bits per heavy atom. The van der Waals surface area contributed by atoms with Crippen LogP contribution in [0.2, 0.25) is 10.0 Å². The van der Waals surface area contributed by atoms with E-state index in [1.165, 1.54) is 23.5 Å². The van der Waals surface area contributed by atoms with Crippen LogP contribution in [0.15, 0.2) is 88.9 Å². The number of hydrogen-bond donors (Lipinski definition) is 1. The molecule has 0 unspecified atom stereocenters. The number of hydrazone groups is 1. The molecule has 4 aromatic rings. The highest BCUT2D eigenvalue weighted by atomic mass is 35.5. The van der Waals surface area contributed by atoms with Gasteiger partial charge in [0.05, 0.1) is 16.8 Å². The summed E-state index contributed by atoms with van der Waals surface area (Å²) in [5, 5.41) is 5.17. The van der Waals surface area contributed by atoms with Gasteiger partial charge < -0.3 is 4.57 Å². The number of carbonyl (C=O) groups is 1. The van der Waals surface area contributed by atoms with Crippen molar-refractivity contribution in [3.8, 4) is 5.69 Å². The van der Waals surface area contributed by atoms with E-state index in [1.807, 2.05) is 36.6 Å². The molecule has 0 saturated heterocycles. The molecule has 0 aliphatic carbocycles. The SMILES string of the molecule is Cc1cc(/C=N\NC(=O)c2ccc(N(C)S(=O)(=O)c3ccccc3)cc2)c(C)n1-c1cc(Cl)cc(Cl)c1. The largest absolute Gasteiger partial charge is 0.318 e. The molecule has 3 aromatic carbocycles. The molecule has 0 aliphatic rings. The molecule has 0 atom stereocenters. The van der Waals surface area contributed by atoms with E-state index in [0.717, 1.165) is 22.6 Å². The van der Waals surface area contributed by atoms with Crippen molar-refractivity contribution in [1.29, 1.82) is 0 Å². The van der Waals surface area contributed by atoms with Crippen LogP contribution in [0.4, 0.5) is 5.69 Å². The molecule has 1 N–H and O–H groups in total. The smallest absolute Gasteiger partial charge is 0.271 e. The van der Waals surface area contributed by atoms with Crippen molar-refractivity contribution in [3.05, 3.63) is 111 Å². The Morgan fingerprint density at radius 2 is 1.57 bits per heavy atom. The highest BCUT2D eigenvalue weighted by Gasteiger charge is 2.21. The van der Waals surface area contributed by atoms with E-state index in [-0.39, 0.29) is 4.90 Å². The molecule has 1 heterocycles. The Hall–Kier alpha value is -3.59. The van der Waals surface area contributed by atoms with Crippen LogP contribution in [0, 0.1) is 13.8 Å². The van der Waals surface area contributed by atoms with Gasteiger partial charge in [-0.15, -0.1) is 0 Å². The van der Waals surface area contributed by atoms with E-state index in [9.17, 15) is 13.2 Å². The third-order valence-corrected chi connectivity index (χ3v) is 8.08. The van der Waals surface area contributed by atoms with Crippen LogP contribution in [0.25, 0.3) is 5.69 Å². The molecule has 4 rings (SSSR count). The van der Waals surface area contributed by atoms with Crippen LogP contribution < -0.4 is 9.73 Å². The van der Waals surface area contributed by atoms with Crippen molar-refractivity contribution in [3.63, 3.8) is 0 Å². The molecule has 10 heteroatoms. The van der Waals surface area contributed by atoms with Crippen LogP contribution >= 0.6 is 23.2 Å². The van der Waals surface area contributed by atoms with Gasteiger partial charge in [-0.2, -0.15) is 5.10 Å². The van der Waals surface area contributed by atoms with Crippen molar-refractivity contribution in [1.82, 2.24) is 9.99 Å². The number of amides is 1. The second kappa shape index (κ2) is 10.8. The van der Waals surface area contributed by atoms with Crippen LogP contribution in [-0.2, 0) is 10.0 Å². The second-order valence-electron chi connectivity index (χ2n) is 8.32. The highest BCUT2D eigenvalue weighted by Crippen LogP contribution is 2.26. The van der Waals surface area contributed by atoms with Gasteiger partial charge in [-0.05, 0) is 74.5 Å². The molecule has 1 amide bonds. The predicted molar refractivity (Wildman–Crippen MR) is 149 cm³/mol. The molecular formula is C27H24Cl2N4O3S. The van der Waals surface area contributed by atoms with Crippen LogP contribution in [0.1, 0.15) is 27.3 Å². The van der Waals surface area contributed by atoms with E-state index in [2.05, 4.69) is 10.5 Å². The third kappa shape index (κ3) is 5.72. The summed E-state index contributed by atoms with van der Waals surface area (Å²) in [5.41, 5.74) is 6.78. The standard InChI is InChI=1S/C27H24Cl2N4O3S/c1-18-13-21(19(2)33(18)25-15-22(28)14-23(29)16-25)17-30-31-27(34)20-9-11-24(12-10-20)32(3)37(35,36)26-7-5-4-6-8-26/h4-17H,1-3H3,(H,31,34)/b30-17-. The third-order valence-electron chi connectivity index (χ3n) is 5.84. The number of nitrogens with zero attached hydrogens (tertiary/aromatic N) is 3. The predicted octanol–water partition coefficient (Wildman–Crippen LogP) is 5.99. The molecule has 0 saturated carbocycles. The number of carbonyl (C=O) groups excluding carboxylic acids is 1. The Bertz CT molecular complexity index is 1560. The fourth-order valence-electron chi connectivity index (χ4n) is 3.92. The van der Waals surface area contributed by atoms with Gasteiger partial charge in [0.1, 0.15) is 0 Å². The Balaban J connectivity index is 1.46. The molecule has 0 bridgehead atoms. The number of hydrogen-bond acceptors (Lipinski definition) is 4. The summed E-state index contributed by atoms with van der Waals surface area (Å²) in [5.74, 6) is -0.424. The van der Waals surface area contributed by atoms with Gasteiger partial charge in [-0.25, -0.2) is 13.8 Å². The summed E-state index contributed by atoms with van der Waals surface area (Å²) in [4.78, 5) is 12.8. The number of aryl methyl sites for hydroxylation is 1. The van der Waals surface area contributed by atoms with Crippen LogP contribution in [0.5, 0.6) is 0 Å². The van der Waals surface area contributed by atoms with Gasteiger partial charge >= 0.3 is 0 Å². The van der Waals surface area contributed by atoms with Crippen molar-refractivity contribution in [2.45, 2.75) is 18.7 Å². The van der Waals surface area contributed by atoms with E-state index < -0.39 is 15.9 Å². The van der Waals surface area contributed by atoms with E-state index in [4.69, 9.17) is 23.2 Å². The van der Waals surface area contributed by atoms with Crippen molar-refractivity contribution in [2.75, 3.05) is 11.4 Å². The summed E-state index contributed by atoms with van der Waals surface area (Å²) < 4.78 is 28.8. The molecule has 0 aliphatic heterocycles. The van der Waals surface area contributed by atoms with Crippen molar-refractivity contribution >= 4 is 51.0 Å². The minimum absolute atomic E-state index is 0.187. The number of aromatic nitrogens is 1. The highest BCUT2D eigenvalue weighted by molar-refractivity contribution is 7.92. The van der Waals surface area contributed by atoms with Crippen molar-refractivity contribution < 1.29 is 13.2 Å². The zero-order valence-electron chi connectivity index (χ0n) is 20.3. The fourth-order valence-corrected chi connectivity index (χ4v) is 5.65. The first-order valence-corrected chi connectivity index (χ1v) is 13.4. The monoisotopic (exact) mass is 554 g/mol. The Morgan fingerprint density at radius 1 is 0.946 bits per heavy atom. The molecule has 0 spiro atoms. The van der Waals surface area contributed by atoms with Crippen molar-refractivity contribution in [2.24, 2.45) is 5.10 Å². The minimum atomic E-state index is -3.71. The van der Waals surface area contributed by atoms with Gasteiger partial charge in [-0.3, -0.25) is 9.10 Å². The summed E-state index contributed by atoms with van der Waals surface area (Å²) in [6, 6.07) is 21.7. The Kier molecular flexibility index (Phi) is 7.73. The lowest BCUT2D eigenvalue weighted by molar-refractivity contribution is 0.0955. The minimum Gasteiger partial charge on any atom is -0.318 e. The molecule has 37 heavy (non-hydrogen) atoms. The van der Waals surface area contributed by atoms with Gasteiger partial charge in [0.15, 0.2) is 0 Å². The first-order chi connectivity index (χ1) is 17.6. The molecule has 1 aromatic heterocycles. The van der Waals surface area contributed by atoms with Gasteiger partial charge in [0.25, 0.3) is 15.9 Å². The topological polar surface area (TPSA) is 83.8 Å². The lowest BCUT2D eigenvalue weighted by Gasteiger charge is -2.19. The van der Waals surface area contributed by atoms with Gasteiger partial charge in [0, 0.05) is 45.3 Å². The van der Waals surface area contributed by atoms with E-state index >= 15 is 0 Å². The van der Waals surface area contributed by atoms with E-state index in [0.29, 0.717) is 21.3 Å². The maximum atomic E-state index is 12.8. The lowest BCUT2D eigenvalue weighted by atomic mass is 10.2. The number of benzene rings is 3. The first-order valence-electron chi connectivity index (χ1n) is 11.2. The summed E-state index contributed by atoms with van der Waals surface area (Å²) in [6.07, 6.45) is 1.57. The summed E-state index contributed by atoms with van der Waals surface area (Å²) >= 11 is 12.3. The van der Waals surface area contributed by atoms with Crippen LogP contribution in [0.3, 0.4) is 0 Å². The molecule has 190 valence electrons. The average molecular weight is 555 g/mol. The number of rotatable bonds is 7. The fraction of sp³-hybridized carbons (Fsp3) is 0.111. The van der Waals surface area contributed by atoms with Crippen LogP contribution in [-0.4, -0.2) is 32.2 Å². The maximum absolute atomic E-state index is 12.8. The molecule has 7 nitrogen and oxygen atoms in total. The second-order valence-corrected chi connectivity index (χ2v) is 11.2. The lowest BCUT2D eigenvalue weighted by Crippen LogP contribution is -2.26. The number of nitrogens with one attached hydrogen (secondary N) is 1. The molecule has 0 fully saturated rings. The number of sulfonamides is 1. The van der Waals surface area contributed by atoms with Gasteiger partial charge in [0.2, 0.25) is 0 Å². The van der Waals surface area contributed by atoms with Gasteiger partial charge in [-0.1, -0.05) is 41.4 Å². The molecular weight excluding hydrogens is 531 g/mol. The van der Waals surface area contributed by atoms with E-state index in [1.54, 1.807) is 54.7 Å². The summed E-state index contributed by atoms with van der Waals surface area (Å²) in [7, 11) is -2.24. The number of anilines is 1. The zero-order valence-corrected chi connectivity index (χ0v) is 22.6. The first kappa shape index (κ1) is 26.5. The average Bonchev–Trinajstić information content (AvgIpc) is 3.16.